The average molecular weight is 392 g/mol. The Morgan fingerprint density at radius 2 is 1.48 bits per heavy atom. The first-order valence-corrected chi connectivity index (χ1v) is 10.2. The van der Waals surface area contributed by atoms with Crippen molar-refractivity contribution in [2.75, 3.05) is 27.0 Å². The number of benzene rings is 2. The second-order valence-electron chi connectivity index (χ2n) is 5.93. The first-order chi connectivity index (χ1) is 12.8. The zero-order valence-corrected chi connectivity index (χ0v) is 16.5. The number of methoxy groups -OCH3 is 2. The zero-order valence-electron chi connectivity index (χ0n) is 15.6. The summed E-state index contributed by atoms with van der Waals surface area (Å²) >= 11 is 0. The fourth-order valence-corrected chi connectivity index (χ4v) is 3.30. The highest BCUT2D eigenvalue weighted by Gasteiger charge is 2.22. The Hall–Kier alpha value is -2.58. The Morgan fingerprint density at radius 1 is 0.963 bits per heavy atom. The van der Waals surface area contributed by atoms with E-state index in [2.05, 4.69) is 5.32 Å². The molecule has 0 atom stereocenters. The third-order valence-electron chi connectivity index (χ3n) is 4.00. The summed E-state index contributed by atoms with van der Waals surface area (Å²) in [6.45, 7) is 0.00601. The van der Waals surface area contributed by atoms with Gasteiger partial charge in [0.25, 0.3) is 0 Å². The molecular weight excluding hydrogens is 368 g/mol. The Labute approximate surface area is 160 Å². The highest BCUT2D eigenvalue weighted by molar-refractivity contribution is 7.88. The summed E-state index contributed by atoms with van der Waals surface area (Å²) in [4.78, 5) is 12.3. The maximum absolute atomic E-state index is 12.3. The number of para-hydroxylation sites is 2. The molecular formula is C19H24N2O5S. The Morgan fingerprint density at radius 3 is 2.04 bits per heavy atom. The molecule has 0 bridgehead atoms. The van der Waals surface area contributed by atoms with E-state index in [1.807, 2.05) is 18.2 Å². The van der Waals surface area contributed by atoms with Crippen molar-refractivity contribution < 1.29 is 22.7 Å². The average Bonchev–Trinajstić information content (AvgIpc) is 2.65. The minimum atomic E-state index is -3.59. The summed E-state index contributed by atoms with van der Waals surface area (Å²) < 4.78 is 35.9. The molecule has 0 aromatic heterocycles. The molecule has 0 heterocycles. The number of rotatable bonds is 9. The molecule has 146 valence electrons. The number of nitrogens with zero attached hydrogens (tertiary/aromatic N) is 1. The van der Waals surface area contributed by atoms with Crippen molar-refractivity contribution in [3.63, 3.8) is 0 Å². The fourth-order valence-electron chi connectivity index (χ4n) is 2.57. The van der Waals surface area contributed by atoms with Gasteiger partial charge in [-0.1, -0.05) is 36.4 Å². The van der Waals surface area contributed by atoms with Crippen LogP contribution < -0.4 is 14.8 Å². The van der Waals surface area contributed by atoms with Crippen LogP contribution in [0.4, 0.5) is 0 Å². The SMILES string of the molecule is COc1ccccc1CNC(=O)CN(Cc1ccccc1OC)S(C)(=O)=O. The molecule has 0 aliphatic rings. The molecule has 1 N–H and O–H groups in total. The lowest BCUT2D eigenvalue weighted by Gasteiger charge is -2.21. The van der Waals surface area contributed by atoms with E-state index in [1.165, 1.54) is 7.11 Å². The van der Waals surface area contributed by atoms with Crippen LogP contribution >= 0.6 is 0 Å². The zero-order chi connectivity index (χ0) is 19.9. The van der Waals surface area contributed by atoms with Crippen molar-refractivity contribution in [3.8, 4) is 11.5 Å². The first-order valence-electron chi connectivity index (χ1n) is 8.30. The molecule has 0 spiro atoms. The van der Waals surface area contributed by atoms with E-state index in [9.17, 15) is 13.2 Å². The van der Waals surface area contributed by atoms with Gasteiger partial charge in [0.2, 0.25) is 15.9 Å². The Balaban J connectivity index is 2.06. The minimum absolute atomic E-state index is 0.0466. The molecule has 2 aromatic rings. The molecule has 0 saturated heterocycles. The quantitative estimate of drug-likeness (QED) is 0.703. The van der Waals surface area contributed by atoms with Crippen LogP contribution in [0.5, 0.6) is 11.5 Å². The predicted octanol–water partition coefficient (Wildman–Crippen LogP) is 1.78. The normalized spacial score (nSPS) is 11.3. The van der Waals surface area contributed by atoms with Crippen LogP contribution in [0.1, 0.15) is 11.1 Å². The van der Waals surface area contributed by atoms with Crippen LogP contribution in [0.2, 0.25) is 0 Å². The number of hydrogen-bond acceptors (Lipinski definition) is 5. The van der Waals surface area contributed by atoms with E-state index in [0.29, 0.717) is 17.1 Å². The van der Waals surface area contributed by atoms with Crippen molar-refractivity contribution in [2.24, 2.45) is 0 Å². The summed E-state index contributed by atoms with van der Waals surface area (Å²) in [6.07, 6.45) is 1.08. The second-order valence-corrected chi connectivity index (χ2v) is 7.91. The van der Waals surface area contributed by atoms with Gasteiger partial charge in [-0.15, -0.1) is 0 Å². The Kier molecular flexibility index (Phi) is 7.20. The van der Waals surface area contributed by atoms with Crippen LogP contribution in [0.15, 0.2) is 48.5 Å². The maximum atomic E-state index is 12.3. The van der Waals surface area contributed by atoms with Crippen molar-refractivity contribution in [1.29, 1.82) is 0 Å². The molecule has 8 heteroatoms. The van der Waals surface area contributed by atoms with E-state index in [4.69, 9.17) is 9.47 Å². The van der Waals surface area contributed by atoms with Crippen LogP contribution in [0, 0.1) is 0 Å². The topological polar surface area (TPSA) is 84.9 Å². The lowest BCUT2D eigenvalue weighted by atomic mass is 10.2. The van der Waals surface area contributed by atoms with Gasteiger partial charge in [0.1, 0.15) is 11.5 Å². The van der Waals surface area contributed by atoms with Gasteiger partial charge in [0.05, 0.1) is 27.0 Å². The third-order valence-corrected chi connectivity index (χ3v) is 5.19. The molecule has 1 amide bonds. The van der Waals surface area contributed by atoms with Gasteiger partial charge >= 0.3 is 0 Å². The fraction of sp³-hybridized carbons (Fsp3) is 0.316. The summed E-state index contributed by atoms with van der Waals surface area (Å²) in [5.74, 6) is 0.827. The standard InChI is InChI=1S/C19H24N2O5S/c1-25-17-10-6-4-8-15(17)12-20-19(22)14-21(27(3,23)24)13-16-9-5-7-11-18(16)26-2/h4-11H,12-14H2,1-3H3,(H,20,22). The second kappa shape index (κ2) is 9.38. The third kappa shape index (κ3) is 5.97. The molecule has 0 aliphatic heterocycles. The van der Waals surface area contributed by atoms with E-state index in [0.717, 1.165) is 16.1 Å². The van der Waals surface area contributed by atoms with Gasteiger partial charge in [0.15, 0.2) is 0 Å². The minimum Gasteiger partial charge on any atom is -0.496 e. The van der Waals surface area contributed by atoms with Gasteiger partial charge in [-0.05, 0) is 12.1 Å². The van der Waals surface area contributed by atoms with Crippen LogP contribution in [-0.4, -0.2) is 45.7 Å². The lowest BCUT2D eigenvalue weighted by molar-refractivity contribution is -0.121. The van der Waals surface area contributed by atoms with E-state index in [-0.39, 0.29) is 19.6 Å². The number of sulfonamides is 1. The van der Waals surface area contributed by atoms with Gasteiger partial charge in [-0.3, -0.25) is 4.79 Å². The van der Waals surface area contributed by atoms with Crippen LogP contribution in [-0.2, 0) is 27.9 Å². The molecule has 2 rings (SSSR count). The smallest absolute Gasteiger partial charge is 0.235 e. The molecule has 0 fully saturated rings. The summed E-state index contributed by atoms with van der Waals surface area (Å²) in [5, 5.41) is 2.73. The molecule has 7 nitrogen and oxygen atoms in total. The number of hydrogen-bond donors (Lipinski definition) is 1. The molecule has 0 radical (unpaired) electrons. The van der Waals surface area contributed by atoms with Gasteiger partial charge in [-0.2, -0.15) is 4.31 Å². The van der Waals surface area contributed by atoms with Crippen molar-refractivity contribution in [2.45, 2.75) is 13.1 Å². The van der Waals surface area contributed by atoms with E-state index in [1.54, 1.807) is 37.4 Å². The number of carbonyl (C=O) groups excluding carboxylic acids is 1. The first kappa shape index (κ1) is 20.7. The number of nitrogens with one attached hydrogen (secondary N) is 1. The predicted molar refractivity (Wildman–Crippen MR) is 103 cm³/mol. The molecule has 0 aliphatic carbocycles. The van der Waals surface area contributed by atoms with Crippen molar-refractivity contribution >= 4 is 15.9 Å². The largest absolute Gasteiger partial charge is 0.496 e. The monoisotopic (exact) mass is 392 g/mol. The summed E-state index contributed by atoms with van der Waals surface area (Å²) in [5.41, 5.74) is 1.49. The number of ether oxygens (including phenoxy) is 2. The summed E-state index contributed by atoms with van der Waals surface area (Å²) in [7, 11) is -0.514. The molecule has 0 saturated carbocycles. The lowest BCUT2D eigenvalue weighted by Crippen LogP contribution is -2.39. The van der Waals surface area contributed by atoms with Gasteiger partial charge in [-0.25, -0.2) is 8.42 Å². The number of amides is 1. The highest BCUT2D eigenvalue weighted by Crippen LogP contribution is 2.20. The molecule has 0 unspecified atom stereocenters. The van der Waals surface area contributed by atoms with Crippen molar-refractivity contribution in [3.05, 3.63) is 59.7 Å². The maximum Gasteiger partial charge on any atom is 0.235 e. The van der Waals surface area contributed by atoms with E-state index < -0.39 is 15.9 Å². The van der Waals surface area contributed by atoms with Gasteiger partial charge < -0.3 is 14.8 Å². The van der Waals surface area contributed by atoms with Crippen LogP contribution in [0.3, 0.4) is 0 Å². The molecule has 27 heavy (non-hydrogen) atoms. The highest BCUT2D eigenvalue weighted by atomic mass is 32.2. The van der Waals surface area contributed by atoms with Crippen LogP contribution in [0.25, 0.3) is 0 Å². The number of carbonyl (C=O) groups is 1. The van der Waals surface area contributed by atoms with Crippen molar-refractivity contribution in [1.82, 2.24) is 9.62 Å². The summed E-state index contributed by atoms with van der Waals surface area (Å²) in [6, 6.07) is 14.4. The molecule has 2 aromatic carbocycles. The Bertz CT molecular complexity index is 883. The van der Waals surface area contributed by atoms with Gasteiger partial charge in [0, 0.05) is 24.2 Å². The van der Waals surface area contributed by atoms with E-state index >= 15 is 0 Å².